The number of aromatic hydroxyl groups is 1. The number of aromatic amines is 1. The number of aromatic nitrogens is 2. The van der Waals surface area contributed by atoms with Gasteiger partial charge in [-0.15, -0.1) is 17.0 Å². The Balaban J connectivity index is 0.000000845. The molecule has 0 aromatic carbocycles. The second kappa shape index (κ2) is 3.57. The van der Waals surface area contributed by atoms with Gasteiger partial charge >= 0.3 is 0 Å². The molecule has 0 unspecified atom stereocenters. The Bertz CT molecular complexity index is 481. The Labute approximate surface area is 84.0 Å². The van der Waals surface area contributed by atoms with Gasteiger partial charge in [-0.3, -0.25) is 9.78 Å². The van der Waals surface area contributed by atoms with Crippen LogP contribution in [0.2, 0.25) is 0 Å². The molecule has 68 valence electrons. The van der Waals surface area contributed by atoms with E-state index < -0.39 is 0 Å². The number of nitrogens with zero attached hydrogens (tertiary/aromatic N) is 1. The van der Waals surface area contributed by atoms with Gasteiger partial charge in [-0.2, -0.15) is 0 Å². The largest absolute Gasteiger partial charge is 0.504 e. The van der Waals surface area contributed by atoms with Gasteiger partial charge in [-0.25, -0.2) is 0 Å². The molecule has 4 nitrogen and oxygen atoms in total. The summed E-state index contributed by atoms with van der Waals surface area (Å²) >= 11 is 0. The van der Waals surface area contributed by atoms with Crippen LogP contribution >= 0.6 is 17.0 Å². The molecule has 13 heavy (non-hydrogen) atoms. The van der Waals surface area contributed by atoms with E-state index in [-0.39, 0.29) is 28.3 Å². The summed E-state index contributed by atoms with van der Waals surface area (Å²) in [5, 5.41) is 9.66. The fraction of sp³-hybridized carbons (Fsp3) is 0. The first-order chi connectivity index (χ1) is 5.79. The van der Waals surface area contributed by atoms with E-state index in [0.717, 1.165) is 0 Å². The van der Waals surface area contributed by atoms with E-state index in [9.17, 15) is 9.90 Å². The second-order valence-electron chi connectivity index (χ2n) is 2.40. The third-order valence-electron chi connectivity index (χ3n) is 1.63. The molecule has 2 heterocycles. The van der Waals surface area contributed by atoms with E-state index in [1.54, 1.807) is 12.1 Å². The number of hydrogen-bond acceptors (Lipinski definition) is 3. The maximum atomic E-state index is 11.1. The molecule has 2 rings (SSSR count). The van der Waals surface area contributed by atoms with E-state index in [0.29, 0.717) is 10.9 Å². The van der Waals surface area contributed by atoms with Crippen molar-refractivity contribution >= 4 is 27.9 Å². The highest BCUT2D eigenvalue weighted by molar-refractivity contribution is 8.93. The molecule has 5 heteroatoms. The van der Waals surface area contributed by atoms with Gasteiger partial charge in [0.25, 0.3) is 5.56 Å². The molecule has 2 N–H and O–H groups in total. The molecule has 0 spiro atoms. The Morgan fingerprint density at radius 1 is 1.46 bits per heavy atom. The third-order valence-corrected chi connectivity index (χ3v) is 1.63. The Morgan fingerprint density at radius 3 is 2.92 bits per heavy atom. The zero-order valence-corrected chi connectivity index (χ0v) is 8.23. The summed E-state index contributed by atoms with van der Waals surface area (Å²) in [5.41, 5.74) is 0.0946. The Hall–Kier alpha value is -1.36. The molecule has 0 aliphatic rings. The lowest BCUT2D eigenvalue weighted by Crippen LogP contribution is -2.04. The summed E-state index contributed by atoms with van der Waals surface area (Å²) < 4.78 is 0. The van der Waals surface area contributed by atoms with Crippen LogP contribution in [0.1, 0.15) is 0 Å². The SMILES string of the molecule is Br.O=c1[nH]cc(O)c2ncccc12. The van der Waals surface area contributed by atoms with Crippen molar-refractivity contribution in [2.24, 2.45) is 0 Å². The topological polar surface area (TPSA) is 66.0 Å². The third kappa shape index (κ3) is 1.55. The molecule has 0 saturated heterocycles. The van der Waals surface area contributed by atoms with Crippen LogP contribution in [-0.4, -0.2) is 15.1 Å². The molecule has 0 aliphatic carbocycles. The first-order valence-corrected chi connectivity index (χ1v) is 3.44. The van der Waals surface area contributed by atoms with Crippen molar-refractivity contribution in [2.45, 2.75) is 0 Å². The zero-order valence-electron chi connectivity index (χ0n) is 6.52. The van der Waals surface area contributed by atoms with Gasteiger partial charge in [0.15, 0.2) is 5.75 Å². The van der Waals surface area contributed by atoms with Crippen LogP contribution < -0.4 is 5.56 Å². The van der Waals surface area contributed by atoms with E-state index in [2.05, 4.69) is 9.97 Å². The molecular formula is C8H7BrN2O2. The first-order valence-electron chi connectivity index (χ1n) is 3.44. The number of nitrogens with one attached hydrogen (secondary N) is 1. The van der Waals surface area contributed by atoms with Crippen LogP contribution in [0, 0.1) is 0 Å². The molecule has 0 amide bonds. The number of hydrogen-bond donors (Lipinski definition) is 2. The zero-order chi connectivity index (χ0) is 8.55. The quantitative estimate of drug-likeness (QED) is 0.730. The van der Waals surface area contributed by atoms with Crippen molar-refractivity contribution in [2.75, 3.05) is 0 Å². The van der Waals surface area contributed by atoms with Crippen LogP contribution in [-0.2, 0) is 0 Å². The van der Waals surface area contributed by atoms with Crippen molar-refractivity contribution < 1.29 is 5.11 Å². The average molecular weight is 243 g/mol. The maximum absolute atomic E-state index is 11.1. The summed E-state index contributed by atoms with van der Waals surface area (Å²) in [6.07, 6.45) is 2.76. The van der Waals surface area contributed by atoms with Crippen LogP contribution in [0.3, 0.4) is 0 Å². The smallest absolute Gasteiger partial charge is 0.257 e. The van der Waals surface area contributed by atoms with Gasteiger partial charge < -0.3 is 10.1 Å². The number of pyridine rings is 2. The highest BCUT2D eigenvalue weighted by atomic mass is 79.9. The molecule has 0 fully saturated rings. The van der Waals surface area contributed by atoms with Crippen molar-refractivity contribution in [1.29, 1.82) is 0 Å². The second-order valence-corrected chi connectivity index (χ2v) is 2.40. The van der Waals surface area contributed by atoms with Gasteiger partial charge in [0, 0.05) is 12.4 Å². The van der Waals surface area contributed by atoms with Crippen LogP contribution in [0.5, 0.6) is 5.75 Å². The summed E-state index contributed by atoms with van der Waals surface area (Å²) in [7, 11) is 0. The van der Waals surface area contributed by atoms with Crippen molar-refractivity contribution in [3.05, 3.63) is 34.9 Å². The average Bonchev–Trinajstić information content (AvgIpc) is 2.12. The minimum Gasteiger partial charge on any atom is -0.504 e. The lowest BCUT2D eigenvalue weighted by molar-refractivity contribution is 0.477. The first kappa shape index (κ1) is 9.73. The van der Waals surface area contributed by atoms with Crippen LogP contribution in [0.15, 0.2) is 29.3 Å². The molecule has 0 bridgehead atoms. The van der Waals surface area contributed by atoms with E-state index in [4.69, 9.17) is 0 Å². The molecule has 0 aliphatic heterocycles. The summed E-state index contributed by atoms with van der Waals surface area (Å²) in [4.78, 5) is 17.4. The lowest BCUT2D eigenvalue weighted by Gasteiger charge is -1.96. The molecule has 0 radical (unpaired) electrons. The molecule has 2 aromatic heterocycles. The number of fused-ring (bicyclic) bond motifs is 1. The Morgan fingerprint density at radius 2 is 2.23 bits per heavy atom. The molecule has 2 aromatic rings. The molecule has 0 atom stereocenters. The van der Waals surface area contributed by atoms with Crippen molar-refractivity contribution in [1.82, 2.24) is 9.97 Å². The lowest BCUT2D eigenvalue weighted by atomic mass is 10.2. The number of halogens is 1. The summed E-state index contributed by atoms with van der Waals surface area (Å²) in [6.45, 7) is 0. The Kier molecular flexibility index (Phi) is 2.67. The normalized spacial score (nSPS) is 9.54. The molecular weight excluding hydrogens is 236 g/mol. The summed E-state index contributed by atoms with van der Waals surface area (Å²) in [6, 6.07) is 3.26. The number of H-pyrrole nitrogens is 1. The fourth-order valence-corrected chi connectivity index (χ4v) is 1.07. The van der Waals surface area contributed by atoms with E-state index in [1.165, 1.54) is 12.4 Å². The van der Waals surface area contributed by atoms with Gasteiger partial charge in [0.2, 0.25) is 0 Å². The van der Waals surface area contributed by atoms with Crippen LogP contribution in [0.4, 0.5) is 0 Å². The standard InChI is InChI=1S/C8H6N2O2.BrH/c11-6-4-10-8(12)5-2-1-3-9-7(5)6;/h1-4,11H,(H,10,12);1H. The highest BCUT2D eigenvalue weighted by Gasteiger charge is 2.01. The highest BCUT2D eigenvalue weighted by Crippen LogP contribution is 2.15. The van der Waals surface area contributed by atoms with Gasteiger partial charge in [0.05, 0.1) is 5.39 Å². The fourth-order valence-electron chi connectivity index (χ4n) is 1.07. The van der Waals surface area contributed by atoms with Crippen molar-refractivity contribution in [3.8, 4) is 5.75 Å². The van der Waals surface area contributed by atoms with Gasteiger partial charge in [-0.1, -0.05) is 0 Å². The minimum atomic E-state index is -0.240. The molecule has 0 saturated carbocycles. The predicted molar refractivity (Wildman–Crippen MR) is 54.4 cm³/mol. The monoisotopic (exact) mass is 242 g/mol. The van der Waals surface area contributed by atoms with Gasteiger partial charge in [-0.05, 0) is 12.1 Å². The number of rotatable bonds is 0. The van der Waals surface area contributed by atoms with Crippen molar-refractivity contribution in [3.63, 3.8) is 0 Å². The minimum absolute atomic E-state index is 0. The van der Waals surface area contributed by atoms with E-state index >= 15 is 0 Å². The van der Waals surface area contributed by atoms with Gasteiger partial charge in [0.1, 0.15) is 5.52 Å². The summed E-state index contributed by atoms with van der Waals surface area (Å²) in [5.74, 6) is -0.00907. The van der Waals surface area contributed by atoms with E-state index in [1.807, 2.05) is 0 Å². The predicted octanol–water partition coefficient (Wildman–Crippen LogP) is 1.21. The van der Waals surface area contributed by atoms with Crippen LogP contribution in [0.25, 0.3) is 10.9 Å². The maximum Gasteiger partial charge on any atom is 0.257 e.